The summed E-state index contributed by atoms with van der Waals surface area (Å²) < 4.78 is 5.34. The van der Waals surface area contributed by atoms with Crippen LogP contribution in [0.1, 0.15) is 29.6 Å². The van der Waals surface area contributed by atoms with E-state index in [-0.39, 0.29) is 5.78 Å². The molecule has 0 aliphatic heterocycles. The largest absolute Gasteiger partial charge is 0.448 e. The minimum absolute atomic E-state index is 0.0974. The maximum absolute atomic E-state index is 10.9. The number of benzene rings is 1. The molecule has 1 aromatic carbocycles. The van der Waals surface area contributed by atoms with Crippen molar-refractivity contribution in [2.45, 2.75) is 26.7 Å². The van der Waals surface area contributed by atoms with E-state index in [0.29, 0.717) is 24.4 Å². The van der Waals surface area contributed by atoms with Crippen LogP contribution in [-0.4, -0.2) is 10.8 Å². The molecule has 0 saturated carbocycles. The van der Waals surface area contributed by atoms with Gasteiger partial charge >= 0.3 is 0 Å². The second-order valence-electron chi connectivity index (χ2n) is 4.27. The highest BCUT2D eigenvalue weighted by molar-refractivity contribution is 5.77. The normalized spacial score (nSPS) is 10.5. The van der Waals surface area contributed by atoms with E-state index in [9.17, 15) is 4.79 Å². The van der Waals surface area contributed by atoms with E-state index >= 15 is 0 Å². The van der Waals surface area contributed by atoms with Gasteiger partial charge < -0.3 is 4.42 Å². The lowest BCUT2D eigenvalue weighted by molar-refractivity contribution is -0.116. The third kappa shape index (κ3) is 3.28. The first-order valence-electron chi connectivity index (χ1n) is 5.62. The average molecular weight is 229 g/mol. The molecule has 3 heteroatoms. The van der Waals surface area contributed by atoms with Crippen molar-refractivity contribution in [1.29, 1.82) is 0 Å². The van der Waals surface area contributed by atoms with Crippen molar-refractivity contribution in [3.8, 4) is 0 Å². The SMILES string of the molecule is CC(=O)Cc1coc(Cc2ccc(C)cc2)n1. The number of aromatic nitrogens is 1. The first-order chi connectivity index (χ1) is 8.13. The number of Topliss-reactive ketones (excluding diaryl/α,β-unsaturated/α-hetero) is 1. The van der Waals surface area contributed by atoms with Crippen LogP contribution in [0.2, 0.25) is 0 Å². The highest BCUT2D eigenvalue weighted by atomic mass is 16.3. The van der Waals surface area contributed by atoms with Crippen molar-refractivity contribution in [2.75, 3.05) is 0 Å². The van der Waals surface area contributed by atoms with Gasteiger partial charge in [0, 0.05) is 6.42 Å². The van der Waals surface area contributed by atoms with E-state index < -0.39 is 0 Å². The molecule has 0 bridgehead atoms. The van der Waals surface area contributed by atoms with E-state index in [2.05, 4.69) is 36.2 Å². The van der Waals surface area contributed by atoms with Crippen LogP contribution in [0.4, 0.5) is 0 Å². The number of rotatable bonds is 4. The van der Waals surface area contributed by atoms with Crippen LogP contribution in [0.25, 0.3) is 0 Å². The first kappa shape index (κ1) is 11.6. The summed E-state index contributed by atoms with van der Waals surface area (Å²) in [7, 11) is 0. The number of carbonyl (C=O) groups excluding carboxylic acids is 1. The summed E-state index contributed by atoms with van der Waals surface area (Å²) in [5, 5.41) is 0. The Hall–Kier alpha value is -1.90. The molecule has 0 fully saturated rings. The van der Waals surface area contributed by atoms with Crippen LogP contribution < -0.4 is 0 Å². The monoisotopic (exact) mass is 229 g/mol. The van der Waals surface area contributed by atoms with Crippen molar-refractivity contribution in [3.63, 3.8) is 0 Å². The highest BCUT2D eigenvalue weighted by Gasteiger charge is 2.06. The summed E-state index contributed by atoms with van der Waals surface area (Å²) in [6, 6.07) is 8.25. The minimum Gasteiger partial charge on any atom is -0.448 e. The quantitative estimate of drug-likeness (QED) is 0.809. The zero-order valence-electron chi connectivity index (χ0n) is 10.1. The second kappa shape index (κ2) is 4.95. The summed E-state index contributed by atoms with van der Waals surface area (Å²) in [4.78, 5) is 15.2. The fraction of sp³-hybridized carbons (Fsp3) is 0.286. The van der Waals surface area contributed by atoms with Crippen molar-refractivity contribution in [2.24, 2.45) is 0 Å². The number of aryl methyl sites for hydroxylation is 1. The minimum atomic E-state index is 0.0974. The number of hydrogen-bond donors (Lipinski definition) is 0. The number of hydrogen-bond acceptors (Lipinski definition) is 3. The van der Waals surface area contributed by atoms with Crippen molar-refractivity contribution in [3.05, 3.63) is 53.2 Å². The van der Waals surface area contributed by atoms with Gasteiger partial charge in [-0.2, -0.15) is 0 Å². The number of ketones is 1. The molecule has 3 nitrogen and oxygen atoms in total. The third-order valence-electron chi connectivity index (χ3n) is 2.51. The predicted octanol–water partition coefficient (Wildman–Crippen LogP) is 2.71. The summed E-state index contributed by atoms with van der Waals surface area (Å²) >= 11 is 0. The van der Waals surface area contributed by atoms with Crippen LogP contribution in [0.5, 0.6) is 0 Å². The topological polar surface area (TPSA) is 43.1 Å². The molecule has 88 valence electrons. The molecule has 0 unspecified atom stereocenters. The fourth-order valence-corrected chi connectivity index (χ4v) is 1.65. The highest BCUT2D eigenvalue weighted by Crippen LogP contribution is 2.11. The Labute approximate surface area is 100 Å². The van der Waals surface area contributed by atoms with Gasteiger partial charge in [-0.3, -0.25) is 4.79 Å². The summed E-state index contributed by atoms with van der Waals surface area (Å²) in [5.41, 5.74) is 3.10. The molecule has 0 atom stereocenters. The van der Waals surface area contributed by atoms with Gasteiger partial charge in [-0.1, -0.05) is 29.8 Å². The lowest BCUT2D eigenvalue weighted by Crippen LogP contribution is -1.97. The van der Waals surface area contributed by atoms with E-state index in [4.69, 9.17) is 4.42 Å². The zero-order chi connectivity index (χ0) is 12.3. The molecule has 0 aliphatic rings. The predicted molar refractivity (Wildman–Crippen MR) is 64.9 cm³/mol. The average Bonchev–Trinajstić information content (AvgIpc) is 2.68. The number of nitrogens with zero attached hydrogens (tertiary/aromatic N) is 1. The van der Waals surface area contributed by atoms with Crippen LogP contribution >= 0.6 is 0 Å². The van der Waals surface area contributed by atoms with Crippen LogP contribution in [0.3, 0.4) is 0 Å². The Morgan fingerprint density at radius 3 is 2.65 bits per heavy atom. The van der Waals surface area contributed by atoms with Gasteiger partial charge in [-0.05, 0) is 19.4 Å². The first-order valence-corrected chi connectivity index (χ1v) is 5.62. The van der Waals surface area contributed by atoms with Gasteiger partial charge in [-0.25, -0.2) is 4.98 Å². The summed E-state index contributed by atoms with van der Waals surface area (Å²) in [5.74, 6) is 0.755. The molecule has 2 rings (SSSR count). The summed E-state index contributed by atoms with van der Waals surface area (Å²) in [6.07, 6.45) is 2.57. The van der Waals surface area contributed by atoms with Crippen LogP contribution in [-0.2, 0) is 17.6 Å². The molecule has 0 amide bonds. The van der Waals surface area contributed by atoms with Crippen molar-refractivity contribution < 1.29 is 9.21 Å². The molecule has 0 radical (unpaired) electrons. The number of carbonyl (C=O) groups is 1. The molecule has 17 heavy (non-hydrogen) atoms. The lowest BCUT2D eigenvalue weighted by Gasteiger charge is -1.97. The second-order valence-corrected chi connectivity index (χ2v) is 4.27. The molecule has 1 heterocycles. The van der Waals surface area contributed by atoms with E-state index in [1.165, 1.54) is 5.56 Å². The molecule has 2 aromatic rings. The van der Waals surface area contributed by atoms with Crippen molar-refractivity contribution in [1.82, 2.24) is 4.98 Å². The summed E-state index contributed by atoms with van der Waals surface area (Å²) in [6.45, 7) is 3.61. The lowest BCUT2D eigenvalue weighted by atomic mass is 10.1. The Balaban J connectivity index is 2.06. The Bertz CT molecular complexity index is 511. The van der Waals surface area contributed by atoms with E-state index in [0.717, 1.165) is 5.56 Å². The van der Waals surface area contributed by atoms with Gasteiger partial charge in [0.05, 0.1) is 12.1 Å². The molecule has 0 spiro atoms. The van der Waals surface area contributed by atoms with E-state index in [1.807, 2.05) is 0 Å². The van der Waals surface area contributed by atoms with Gasteiger partial charge in [0.25, 0.3) is 0 Å². The Kier molecular flexibility index (Phi) is 3.38. The van der Waals surface area contributed by atoms with Gasteiger partial charge in [0.2, 0.25) is 0 Å². The third-order valence-corrected chi connectivity index (χ3v) is 2.51. The molecular weight excluding hydrogens is 214 g/mol. The van der Waals surface area contributed by atoms with Crippen LogP contribution in [0, 0.1) is 6.92 Å². The molecular formula is C14H15NO2. The zero-order valence-corrected chi connectivity index (χ0v) is 10.1. The smallest absolute Gasteiger partial charge is 0.198 e. The van der Waals surface area contributed by atoms with Gasteiger partial charge in [-0.15, -0.1) is 0 Å². The number of oxazole rings is 1. The Morgan fingerprint density at radius 2 is 2.00 bits per heavy atom. The van der Waals surface area contributed by atoms with Gasteiger partial charge in [0.15, 0.2) is 5.89 Å². The maximum atomic E-state index is 10.9. The van der Waals surface area contributed by atoms with Gasteiger partial charge in [0.1, 0.15) is 12.0 Å². The molecule has 0 saturated heterocycles. The molecule has 0 aliphatic carbocycles. The molecule has 1 aromatic heterocycles. The Morgan fingerprint density at radius 1 is 1.29 bits per heavy atom. The fourth-order valence-electron chi connectivity index (χ4n) is 1.65. The van der Waals surface area contributed by atoms with Crippen LogP contribution in [0.15, 0.2) is 34.9 Å². The maximum Gasteiger partial charge on any atom is 0.198 e. The molecule has 0 N–H and O–H groups in total. The van der Waals surface area contributed by atoms with E-state index in [1.54, 1.807) is 13.2 Å². The van der Waals surface area contributed by atoms with Crippen molar-refractivity contribution >= 4 is 5.78 Å². The standard InChI is InChI=1S/C14H15NO2/c1-10-3-5-12(6-4-10)8-14-15-13(9-17-14)7-11(2)16/h3-6,9H,7-8H2,1-2H3.